The molecule has 2 rings (SSSR count). The van der Waals surface area contributed by atoms with Crippen LogP contribution in [0.25, 0.3) is 0 Å². The fraction of sp³-hybridized carbons (Fsp3) is 0.583. The van der Waals surface area contributed by atoms with Crippen molar-refractivity contribution in [3.8, 4) is 0 Å². The normalized spacial score (nSPS) is 15.7. The van der Waals surface area contributed by atoms with Crippen LogP contribution in [0.5, 0.6) is 0 Å². The molecule has 5 nitrogen and oxygen atoms in total. The van der Waals surface area contributed by atoms with Crippen LogP contribution in [-0.4, -0.2) is 31.8 Å². The quantitative estimate of drug-likeness (QED) is 0.731. The van der Waals surface area contributed by atoms with Crippen LogP contribution in [0.1, 0.15) is 37.2 Å². The highest BCUT2D eigenvalue weighted by molar-refractivity contribution is 9.10. The minimum atomic E-state index is -3.94. The van der Waals surface area contributed by atoms with E-state index in [0.29, 0.717) is 12.5 Å². The van der Waals surface area contributed by atoms with Crippen LogP contribution in [0.3, 0.4) is 0 Å². The van der Waals surface area contributed by atoms with E-state index < -0.39 is 9.05 Å². The summed E-state index contributed by atoms with van der Waals surface area (Å²) in [7, 11) is 1.33. The molecule has 0 saturated heterocycles. The Kier molecular flexibility index (Phi) is 4.51. The number of amides is 1. The highest BCUT2D eigenvalue weighted by Gasteiger charge is 2.31. The Bertz CT molecular complexity index is 621. The molecular formula is C12H15BrClNO4S. The molecule has 20 heavy (non-hydrogen) atoms. The summed E-state index contributed by atoms with van der Waals surface area (Å²) in [5, 5.41) is 0. The Balaban J connectivity index is 2.27. The van der Waals surface area contributed by atoms with Crippen molar-refractivity contribution in [1.29, 1.82) is 0 Å². The fourth-order valence-electron chi connectivity index (χ4n) is 1.87. The number of halogens is 2. The second kappa shape index (κ2) is 5.69. The molecule has 0 aliphatic heterocycles. The largest absolute Gasteiger partial charge is 0.443 e. The van der Waals surface area contributed by atoms with E-state index in [-0.39, 0.29) is 27.3 Å². The van der Waals surface area contributed by atoms with E-state index in [0.717, 1.165) is 18.9 Å². The first-order valence-electron chi connectivity index (χ1n) is 6.25. The maximum absolute atomic E-state index is 12.4. The van der Waals surface area contributed by atoms with Gasteiger partial charge in [-0.2, -0.15) is 0 Å². The predicted molar refractivity (Wildman–Crippen MR) is 78.3 cm³/mol. The summed E-state index contributed by atoms with van der Waals surface area (Å²) in [5.41, 5.74) is 0. The summed E-state index contributed by atoms with van der Waals surface area (Å²) in [6, 6.07) is 1.18. The van der Waals surface area contributed by atoms with Gasteiger partial charge in [-0.15, -0.1) is 0 Å². The van der Waals surface area contributed by atoms with E-state index in [1.807, 2.05) is 13.8 Å². The zero-order chi connectivity index (χ0) is 15.1. The zero-order valence-corrected chi connectivity index (χ0v) is 14.3. The van der Waals surface area contributed by atoms with Crippen LogP contribution in [0, 0.1) is 5.92 Å². The topological polar surface area (TPSA) is 67.6 Å². The average molecular weight is 385 g/mol. The van der Waals surface area contributed by atoms with Crippen LogP contribution in [0.4, 0.5) is 0 Å². The predicted octanol–water partition coefficient (Wildman–Crippen LogP) is 3.23. The molecule has 0 unspecified atom stereocenters. The first kappa shape index (κ1) is 15.9. The molecule has 1 aromatic heterocycles. The molecular weight excluding hydrogens is 370 g/mol. The first-order chi connectivity index (χ1) is 9.20. The third-order valence-corrected chi connectivity index (χ3v) is 5.34. The van der Waals surface area contributed by atoms with Crippen LogP contribution in [0.15, 0.2) is 20.0 Å². The molecule has 0 radical (unpaired) electrons. The van der Waals surface area contributed by atoms with E-state index in [2.05, 4.69) is 15.9 Å². The second-order valence-electron chi connectivity index (χ2n) is 5.18. The van der Waals surface area contributed by atoms with Crippen molar-refractivity contribution in [3.63, 3.8) is 0 Å². The van der Waals surface area contributed by atoms with Crippen molar-refractivity contribution in [2.75, 3.05) is 6.54 Å². The molecule has 1 aliphatic rings. The van der Waals surface area contributed by atoms with Gasteiger partial charge in [-0.1, -0.05) is 0 Å². The highest BCUT2D eigenvalue weighted by atomic mass is 79.9. The Labute approximate surface area is 130 Å². The van der Waals surface area contributed by atoms with Gasteiger partial charge in [0.25, 0.3) is 15.0 Å². The third-order valence-electron chi connectivity index (χ3n) is 3.16. The van der Waals surface area contributed by atoms with Crippen molar-refractivity contribution >= 4 is 41.6 Å². The molecule has 0 N–H and O–H groups in total. The van der Waals surface area contributed by atoms with Crippen molar-refractivity contribution < 1.29 is 17.6 Å². The van der Waals surface area contributed by atoms with E-state index in [1.54, 1.807) is 4.90 Å². The lowest BCUT2D eigenvalue weighted by Gasteiger charge is -2.25. The van der Waals surface area contributed by atoms with Gasteiger partial charge < -0.3 is 9.32 Å². The van der Waals surface area contributed by atoms with Crippen molar-refractivity contribution in [3.05, 3.63) is 16.5 Å². The molecule has 1 heterocycles. The standard InChI is InChI=1S/C12H15BrClNO4S/c1-7(2)15(6-8-3-4-8)12(16)9-5-10(11(13)19-9)20(14,17)18/h5,7-8H,3-4,6H2,1-2H3. The van der Waals surface area contributed by atoms with E-state index in [1.165, 1.54) is 0 Å². The fourth-order valence-corrected chi connectivity index (χ4v) is 3.90. The van der Waals surface area contributed by atoms with Gasteiger partial charge in [0.15, 0.2) is 10.4 Å². The second-order valence-corrected chi connectivity index (χ2v) is 8.44. The number of hydrogen-bond donors (Lipinski definition) is 0. The third kappa shape index (κ3) is 3.56. The van der Waals surface area contributed by atoms with Crippen LogP contribution >= 0.6 is 26.6 Å². The minimum Gasteiger partial charge on any atom is -0.443 e. The molecule has 112 valence electrons. The Morgan fingerprint density at radius 3 is 2.55 bits per heavy atom. The molecule has 1 saturated carbocycles. The number of hydrogen-bond acceptors (Lipinski definition) is 4. The average Bonchev–Trinajstić information content (AvgIpc) is 3.04. The number of nitrogens with zero attached hydrogens (tertiary/aromatic N) is 1. The summed E-state index contributed by atoms with van der Waals surface area (Å²) < 4.78 is 27.8. The molecule has 0 bridgehead atoms. The maximum atomic E-state index is 12.4. The van der Waals surface area contributed by atoms with Gasteiger partial charge in [-0.3, -0.25) is 4.79 Å². The molecule has 1 amide bonds. The molecule has 0 aromatic carbocycles. The van der Waals surface area contributed by atoms with E-state index >= 15 is 0 Å². The lowest BCUT2D eigenvalue weighted by Crippen LogP contribution is -2.38. The number of carbonyl (C=O) groups excluding carboxylic acids is 1. The van der Waals surface area contributed by atoms with E-state index in [9.17, 15) is 13.2 Å². The zero-order valence-electron chi connectivity index (χ0n) is 11.1. The smallest absolute Gasteiger partial charge is 0.289 e. The summed E-state index contributed by atoms with van der Waals surface area (Å²) >= 11 is 2.97. The molecule has 0 atom stereocenters. The minimum absolute atomic E-state index is 0.0167. The van der Waals surface area contributed by atoms with Crippen LogP contribution in [-0.2, 0) is 9.05 Å². The number of rotatable bonds is 5. The SMILES string of the molecule is CC(C)N(CC1CC1)C(=O)c1cc(S(=O)(=O)Cl)c(Br)o1. The summed E-state index contributed by atoms with van der Waals surface area (Å²) in [4.78, 5) is 13.9. The lowest BCUT2D eigenvalue weighted by molar-refractivity contribution is 0.0662. The monoisotopic (exact) mass is 383 g/mol. The van der Waals surface area contributed by atoms with Gasteiger partial charge >= 0.3 is 0 Å². The van der Waals surface area contributed by atoms with E-state index in [4.69, 9.17) is 15.1 Å². The summed E-state index contributed by atoms with van der Waals surface area (Å²) in [6.45, 7) is 4.49. The van der Waals surface area contributed by atoms with Crippen molar-refractivity contribution in [2.24, 2.45) is 5.92 Å². The van der Waals surface area contributed by atoms with Crippen LogP contribution < -0.4 is 0 Å². The Hall–Kier alpha value is -0.530. The Morgan fingerprint density at radius 2 is 2.15 bits per heavy atom. The molecule has 1 aliphatic carbocycles. The molecule has 1 aromatic rings. The van der Waals surface area contributed by atoms with Gasteiger partial charge in [0, 0.05) is 29.3 Å². The van der Waals surface area contributed by atoms with Gasteiger partial charge in [-0.05, 0) is 48.5 Å². The van der Waals surface area contributed by atoms with Crippen molar-refractivity contribution in [1.82, 2.24) is 4.90 Å². The first-order valence-corrected chi connectivity index (χ1v) is 9.35. The number of furan rings is 1. The lowest BCUT2D eigenvalue weighted by atomic mass is 10.2. The molecule has 0 spiro atoms. The Morgan fingerprint density at radius 1 is 1.55 bits per heavy atom. The van der Waals surface area contributed by atoms with Gasteiger partial charge in [0.05, 0.1) is 0 Å². The van der Waals surface area contributed by atoms with Gasteiger partial charge in [0.2, 0.25) is 0 Å². The molecule has 1 fully saturated rings. The van der Waals surface area contributed by atoms with Gasteiger partial charge in [-0.25, -0.2) is 8.42 Å². The van der Waals surface area contributed by atoms with Crippen LogP contribution in [0.2, 0.25) is 0 Å². The number of carbonyl (C=O) groups is 1. The highest BCUT2D eigenvalue weighted by Crippen LogP contribution is 2.32. The van der Waals surface area contributed by atoms with Crippen molar-refractivity contribution in [2.45, 2.75) is 37.6 Å². The summed E-state index contributed by atoms with van der Waals surface area (Å²) in [5.74, 6) is 0.195. The summed E-state index contributed by atoms with van der Waals surface area (Å²) in [6.07, 6.45) is 2.25. The van der Waals surface area contributed by atoms with Gasteiger partial charge in [0.1, 0.15) is 4.90 Å². The molecule has 8 heteroatoms. The maximum Gasteiger partial charge on any atom is 0.289 e.